The first-order chi connectivity index (χ1) is 12.8. The van der Waals surface area contributed by atoms with Gasteiger partial charge in [0, 0.05) is 18.3 Å². The topological polar surface area (TPSA) is 3.24 Å². The van der Waals surface area contributed by atoms with Crippen LogP contribution in [0.1, 0.15) is 111 Å². The zero-order valence-corrected chi connectivity index (χ0v) is 18.2. The Balaban J connectivity index is 2.68. The lowest BCUT2D eigenvalue weighted by Crippen LogP contribution is -2.32. The molecule has 0 spiro atoms. The second-order valence-corrected chi connectivity index (χ2v) is 7.91. The third-order valence-electron chi connectivity index (χ3n) is 5.68. The van der Waals surface area contributed by atoms with E-state index in [0.717, 1.165) is 6.04 Å². The van der Waals surface area contributed by atoms with Gasteiger partial charge in [-0.05, 0) is 44.8 Å². The number of rotatable bonds is 15. The van der Waals surface area contributed by atoms with Crippen molar-refractivity contribution in [2.75, 3.05) is 6.54 Å². The molecule has 26 heavy (non-hydrogen) atoms. The summed E-state index contributed by atoms with van der Waals surface area (Å²) in [5.41, 5.74) is 3.03. The summed E-state index contributed by atoms with van der Waals surface area (Å²) in [6, 6.07) is 0.743. The Labute approximate surface area is 164 Å². The molecule has 0 aromatic carbocycles. The van der Waals surface area contributed by atoms with Crippen LogP contribution < -0.4 is 0 Å². The third-order valence-corrected chi connectivity index (χ3v) is 5.68. The van der Waals surface area contributed by atoms with Gasteiger partial charge in [0.1, 0.15) is 0 Å². The second-order valence-electron chi connectivity index (χ2n) is 7.91. The van der Waals surface area contributed by atoms with E-state index in [9.17, 15) is 0 Å². The molecule has 1 rings (SSSR count). The minimum atomic E-state index is 0.743. The number of allylic oxidation sites excluding steroid dienone is 4. The van der Waals surface area contributed by atoms with Crippen LogP contribution in [0.3, 0.4) is 0 Å². The minimum Gasteiger partial charge on any atom is -0.368 e. The Hall–Kier alpha value is -0.980. The van der Waals surface area contributed by atoms with Crippen molar-refractivity contribution in [1.82, 2.24) is 4.90 Å². The van der Waals surface area contributed by atoms with Crippen molar-refractivity contribution in [1.29, 1.82) is 0 Å². The van der Waals surface area contributed by atoms with E-state index in [-0.39, 0.29) is 0 Å². The molecule has 0 amide bonds. The molecule has 150 valence electrons. The number of hydrogen-bond donors (Lipinski definition) is 0. The summed E-state index contributed by atoms with van der Waals surface area (Å²) in [7, 11) is 0. The molecule has 1 heteroatoms. The van der Waals surface area contributed by atoms with Crippen LogP contribution in [-0.4, -0.2) is 17.5 Å². The lowest BCUT2D eigenvalue weighted by atomic mass is 9.98. The molecule has 1 aliphatic rings. The molecule has 1 heterocycles. The zero-order valence-electron chi connectivity index (χ0n) is 18.2. The van der Waals surface area contributed by atoms with Gasteiger partial charge in [-0.1, -0.05) is 96.3 Å². The quantitative estimate of drug-likeness (QED) is 0.266. The average molecular weight is 360 g/mol. The minimum absolute atomic E-state index is 0.743. The average Bonchev–Trinajstić information content (AvgIpc) is 3.03. The van der Waals surface area contributed by atoms with E-state index in [0.29, 0.717) is 0 Å². The number of unbranched alkanes of at least 4 members (excludes halogenated alkanes) is 8. The summed E-state index contributed by atoms with van der Waals surface area (Å²) >= 11 is 0. The molecule has 0 saturated carbocycles. The normalized spacial score (nSPS) is 15.5. The van der Waals surface area contributed by atoms with E-state index in [1.807, 2.05) is 0 Å². The predicted molar refractivity (Wildman–Crippen MR) is 119 cm³/mol. The lowest BCUT2D eigenvalue weighted by molar-refractivity contribution is 0.241. The van der Waals surface area contributed by atoms with Crippen LogP contribution in [0.2, 0.25) is 0 Å². The molecule has 0 aromatic heterocycles. The van der Waals surface area contributed by atoms with Crippen LogP contribution in [0.25, 0.3) is 0 Å². The van der Waals surface area contributed by atoms with Gasteiger partial charge in [0.25, 0.3) is 0 Å². The summed E-state index contributed by atoms with van der Waals surface area (Å²) < 4.78 is 0. The molecule has 0 radical (unpaired) electrons. The van der Waals surface area contributed by atoms with E-state index in [4.69, 9.17) is 0 Å². The molecule has 0 saturated heterocycles. The van der Waals surface area contributed by atoms with E-state index >= 15 is 0 Å². The molecule has 0 N–H and O–H groups in total. The van der Waals surface area contributed by atoms with E-state index in [2.05, 4.69) is 56.9 Å². The van der Waals surface area contributed by atoms with E-state index in [1.165, 1.54) is 101 Å². The van der Waals surface area contributed by atoms with Crippen molar-refractivity contribution in [2.24, 2.45) is 0 Å². The van der Waals surface area contributed by atoms with Crippen LogP contribution in [0.4, 0.5) is 0 Å². The van der Waals surface area contributed by atoms with Gasteiger partial charge in [0.15, 0.2) is 0 Å². The molecule has 0 atom stereocenters. The first kappa shape index (κ1) is 23.1. The van der Waals surface area contributed by atoms with Crippen molar-refractivity contribution >= 4 is 0 Å². The van der Waals surface area contributed by atoms with Crippen molar-refractivity contribution in [3.05, 3.63) is 35.6 Å². The summed E-state index contributed by atoms with van der Waals surface area (Å²) in [6.07, 6.45) is 27.0. The molecule has 1 nitrogen and oxygen atoms in total. The SMILES string of the molecule is C/C=C\C1=C(/C=C\C)N(C(CCCCCCC)CCCCCCC)CC1. The van der Waals surface area contributed by atoms with Crippen LogP contribution in [0.5, 0.6) is 0 Å². The van der Waals surface area contributed by atoms with Crippen LogP contribution in [0, 0.1) is 0 Å². The predicted octanol–water partition coefficient (Wildman–Crippen LogP) is 8.19. The molecular weight excluding hydrogens is 314 g/mol. The smallest absolute Gasteiger partial charge is 0.0398 e. The summed E-state index contributed by atoms with van der Waals surface area (Å²) in [5, 5.41) is 0. The molecule has 0 fully saturated rings. The van der Waals surface area contributed by atoms with Crippen molar-refractivity contribution in [2.45, 2.75) is 117 Å². The first-order valence-electron chi connectivity index (χ1n) is 11.5. The van der Waals surface area contributed by atoms with Gasteiger partial charge in [-0.15, -0.1) is 0 Å². The van der Waals surface area contributed by atoms with Gasteiger partial charge in [-0.25, -0.2) is 0 Å². The van der Waals surface area contributed by atoms with Gasteiger partial charge in [0.05, 0.1) is 0 Å². The summed E-state index contributed by atoms with van der Waals surface area (Å²) in [4.78, 5) is 2.75. The highest BCUT2D eigenvalue weighted by Gasteiger charge is 2.25. The molecular formula is C25H45N. The Morgan fingerprint density at radius 2 is 1.31 bits per heavy atom. The number of nitrogens with zero attached hydrogens (tertiary/aromatic N) is 1. The van der Waals surface area contributed by atoms with E-state index < -0.39 is 0 Å². The molecule has 0 aromatic rings. The Kier molecular flexibility index (Phi) is 13.4. The Morgan fingerprint density at radius 1 is 0.769 bits per heavy atom. The Bertz CT molecular complexity index is 415. The zero-order chi connectivity index (χ0) is 19.0. The largest absolute Gasteiger partial charge is 0.368 e. The standard InChI is InChI=1S/C25H45N/c1-5-9-11-13-15-19-24(20-16-14-12-10-6-2)26-22-21-23(17-7-3)25(26)18-8-4/h7-8,17-18,24H,5-6,9-16,19-22H2,1-4H3/b17-7-,18-8-. The van der Waals surface area contributed by atoms with Crippen LogP contribution >= 0.6 is 0 Å². The molecule has 1 aliphatic heterocycles. The highest BCUT2D eigenvalue weighted by atomic mass is 15.2. The van der Waals surface area contributed by atoms with Gasteiger partial charge in [-0.3, -0.25) is 0 Å². The number of hydrogen-bond acceptors (Lipinski definition) is 1. The van der Waals surface area contributed by atoms with Gasteiger partial charge in [-0.2, -0.15) is 0 Å². The van der Waals surface area contributed by atoms with Gasteiger partial charge < -0.3 is 4.90 Å². The summed E-state index contributed by atoms with van der Waals surface area (Å²) in [5.74, 6) is 0. The highest BCUT2D eigenvalue weighted by molar-refractivity contribution is 5.36. The maximum atomic E-state index is 2.75. The Morgan fingerprint density at radius 3 is 1.81 bits per heavy atom. The fourth-order valence-corrected chi connectivity index (χ4v) is 4.21. The van der Waals surface area contributed by atoms with E-state index in [1.54, 1.807) is 0 Å². The summed E-state index contributed by atoms with van der Waals surface area (Å²) in [6.45, 7) is 10.1. The maximum absolute atomic E-state index is 2.75. The van der Waals surface area contributed by atoms with Gasteiger partial charge >= 0.3 is 0 Å². The van der Waals surface area contributed by atoms with Crippen molar-refractivity contribution in [3.8, 4) is 0 Å². The fourth-order valence-electron chi connectivity index (χ4n) is 4.21. The van der Waals surface area contributed by atoms with Gasteiger partial charge in [0.2, 0.25) is 0 Å². The lowest BCUT2D eigenvalue weighted by Gasteiger charge is -2.32. The molecule has 0 bridgehead atoms. The fraction of sp³-hybridized carbons (Fsp3) is 0.760. The second kappa shape index (κ2) is 15.1. The highest BCUT2D eigenvalue weighted by Crippen LogP contribution is 2.31. The van der Waals surface area contributed by atoms with Crippen molar-refractivity contribution < 1.29 is 0 Å². The first-order valence-corrected chi connectivity index (χ1v) is 11.5. The van der Waals surface area contributed by atoms with Crippen LogP contribution in [-0.2, 0) is 0 Å². The van der Waals surface area contributed by atoms with Crippen molar-refractivity contribution in [3.63, 3.8) is 0 Å². The maximum Gasteiger partial charge on any atom is 0.0398 e. The van der Waals surface area contributed by atoms with Crippen LogP contribution in [0.15, 0.2) is 35.6 Å². The third kappa shape index (κ3) is 8.60. The monoisotopic (exact) mass is 359 g/mol. The molecule has 0 unspecified atom stereocenters. The molecule has 0 aliphatic carbocycles.